The molecule has 0 N–H and O–H groups in total. The van der Waals surface area contributed by atoms with Crippen molar-refractivity contribution >= 4 is 0 Å². The molecule has 0 amide bonds. The van der Waals surface area contributed by atoms with Crippen molar-refractivity contribution in [3.05, 3.63) is 0 Å². The van der Waals surface area contributed by atoms with E-state index in [0.29, 0.717) is 11.0 Å². The van der Waals surface area contributed by atoms with Gasteiger partial charge in [0.1, 0.15) is 0 Å². The number of nitrogens with zero attached hydrogens (tertiary/aromatic N) is 2. The molecule has 1 saturated heterocycles. The van der Waals surface area contributed by atoms with Gasteiger partial charge < -0.3 is 4.90 Å². The van der Waals surface area contributed by atoms with Crippen LogP contribution in [-0.4, -0.2) is 48.1 Å². The van der Waals surface area contributed by atoms with Crippen molar-refractivity contribution in [2.24, 2.45) is 5.41 Å². The van der Waals surface area contributed by atoms with Gasteiger partial charge in [-0.1, -0.05) is 34.6 Å². The highest BCUT2D eigenvalue weighted by Gasteiger charge is 2.27. The lowest BCUT2D eigenvalue weighted by Gasteiger charge is -2.43. The maximum Gasteiger partial charge on any atom is 0.0126 e. The van der Waals surface area contributed by atoms with Crippen LogP contribution in [0.2, 0.25) is 0 Å². The van der Waals surface area contributed by atoms with Gasteiger partial charge >= 0.3 is 0 Å². The van der Waals surface area contributed by atoms with Gasteiger partial charge in [0.2, 0.25) is 0 Å². The van der Waals surface area contributed by atoms with E-state index in [1.165, 1.54) is 32.7 Å². The summed E-state index contributed by atoms with van der Waals surface area (Å²) in [5.74, 6) is 0. The Hall–Kier alpha value is -0.0800. The maximum atomic E-state index is 2.60. The van der Waals surface area contributed by atoms with Gasteiger partial charge in [-0.05, 0) is 26.2 Å². The first-order chi connectivity index (χ1) is 7.68. The minimum Gasteiger partial charge on any atom is -0.300 e. The third-order valence-corrected chi connectivity index (χ3v) is 3.02. The van der Waals surface area contributed by atoms with Crippen molar-refractivity contribution in [1.29, 1.82) is 0 Å². The van der Waals surface area contributed by atoms with Crippen molar-refractivity contribution in [2.75, 3.05) is 32.7 Å². The molecular weight excluding hydrogens is 208 g/mol. The van der Waals surface area contributed by atoms with Gasteiger partial charge in [0.25, 0.3) is 0 Å². The zero-order valence-electron chi connectivity index (χ0n) is 13.4. The van der Waals surface area contributed by atoms with Crippen LogP contribution < -0.4 is 0 Å². The number of hydrogen-bond donors (Lipinski definition) is 0. The fourth-order valence-corrected chi connectivity index (χ4v) is 2.25. The Morgan fingerprint density at radius 1 is 0.765 bits per heavy atom. The molecule has 0 bridgehead atoms. The standard InChI is InChI=1S/C13H28N2.C2H6/c1-12(2,3)11-14-7-9-15(10-8-14)13(4,5)6;1-2/h7-11H2,1-6H3;1-2H3. The molecule has 0 spiro atoms. The molecule has 0 aromatic rings. The van der Waals surface area contributed by atoms with Crippen LogP contribution >= 0.6 is 0 Å². The summed E-state index contributed by atoms with van der Waals surface area (Å²) in [5.41, 5.74) is 0.776. The van der Waals surface area contributed by atoms with E-state index >= 15 is 0 Å². The lowest BCUT2D eigenvalue weighted by molar-refractivity contribution is 0.0481. The molecule has 1 aliphatic heterocycles. The fraction of sp³-hybridized carbons (Fsp3) is 1.00. The molecule has 1 fully saturated rings. The van der Waals surface area contributed by atoms with E-state index in [1.54, 1.807) is 0 Å². The summed E-state index contributed by atoms with van der Waals surface area (Å²) >= 11 is 0. The van der Waals surface area contributed by atoms with Crippen molar-refractivity contribution in [2.45, 2.75) is 60.9 Å². The van der Waals surface area contributed by atoms with Crippen molar-refractivity contribution in [1.82, 2.24) is 9.80 Å². The molecule has 1 aliphatic rings. The fourth-order valence-electron chi connectivity index (χ4n) is 2.25. The summed E-state index contributed by atoms with van der Waals surface area (Å²) in [6, 6.07) is 0. The second-order valence-corrected chi connectivity index (χ2v) is 6.99. The Kier molecular flexibility index (Phi) is 6.71. The number of rotatable bonds is 1. The van der Waals surface area contributed by atoms with Gasteiger partial charge in [-0.25, -0.2) is 0 Å². The second-order valence-electron chi connectivity index (χ2n) is 6.99. The first kappa shape index (κ1) is 16.9. The Bertz CT molecular complexity index is 190. The van der Waals surface area contributed by atoms with Crippen molar-refractivity contribution in [3.8, 4) is 0 Å². The van der Waals surface area contributed by atoms with E-state index in [-0.39, 0.29) is 0 Å². The highest BCUT2D eigenvalue weighted by Crippen LogP contribution is 2.19. The van der Waals surface area contributed by atoms with Crippen LogP contribution in [0.4, 0.5) is 0 Å². The average Bonchev–Trinajstić information content (AvgIpc) is 2.17. The zero-order valence-corrected chi connectivity index (χ0v) is 13.4. The molecule has 2 nitrogen and oxygen atoms in total. The van der Waals surface area contributed by atoms with Crippen LogP contribution in [0.3, 0.4) is 0 Å². The summed E-state index contributed by atoms with van der Waals surface area (Å²) in [5, 5.41) is 0. The van der Waals surface area contributed by atoms with Crippen LogP contribution in [0.5, 0.6) is 0 Å². The minimum absolute atomic E-state index is 0.341. The first-order valence-corrected chi connectivity index (χ1v) is 7.16. The largest absolute Gasteiger partial charge is 0.300 e. The summed E-state index contributed by atoms with van der Waals surface area (Å²) in [6.45, 7) is 24.0. The van der Waals surface area contributed by atoms with Crippen LogP contribution in [0, 0.1) is 5.41 Å². The molecule has 2 heteroatoms. The van der Waals surface area contributed by atoms with E-state index in [1.807, 2.05) is 13.8 Å². The Morgan fingerprint density at radius 3 is 1.47 bits per heavy atom. The topological polar surface area (TPSA) is 6.48 Å². The smallest absolute Gasteiger partial charge is 0.0126 e. The van der Waals surface area contributed by atoms with Crippen LogP contribution in [0.1, 0.15) is 55.4 Å². The molecule has 0 aliphatic carbocycles. The molecule has 1 heterocycles. The van der Waals surface area contributed by atoms with Crippen LogP contribution in [0.15, 0.2) is 0 Å². The molecule has 104 valence electrons. The molecule has 0 aromatic heterocycles. The van der Waals surface area contributed by atoms with E-state index in [4.69, 9.17) is 0 Å². The van der Waals surface area contributed by atoms with E-state index in [0.717, 1.165) is 0 Å². The van der Waals surface area contributed by atoms with Gasteiger partial charge in [-0.2, -0.15) is 0 Å². The normalized spacial score (nSPS) is 19.8. The van der Waals surface area contributed by atoms with Gasteiger partial charge in [-0.15, -0.1) is 0 Å². The Balaban J connectivity index is 0.00000121. The molecule has 0 aromatic carbocycles. The SMILES string of the molecule is CC.CC(C)(C)CN1CCN(C(C)(C)C)CC1. The van der Waals surface area contributed by atoms with Crippen LogP contribution in [-0.2, 0) is 0 Å². The summed E-state index contributed by atoms with van der Waals surface area (Å²) in [7, 11) is 0. The second kappa shape index (κ2) is 6.75. The average molecular weight is 242 g/mol. The Morgan fingerprint density at radius 2 is 1.18 bits per heavy atom. The molecule has 0 unspecified atom stereocenters. The van der Waals surface area contributed by atoms with E-state index in [9.17, 15) is 0 Å². The first-order valence-electron chi connectivity index (χ1n) is 7.16. The molecule has 17 heavy (non-hydrogen) atoms. The molecular formula is C15H34N2. The minimum atomic E-state index is 0.341. The lowest BCUT2D eigenvalue weighted by atomic mass is 9.95. The monoisotopic (exact) mass is 242 g/mol. The predicted molar refractivity (Wildman–Crippen MR) is 78.6 cm³/mol. The lowest BCUT2D eigenvalue weighted by Crippen LogP contribution is -2.54. The van der Waals surface area contributed by atoms with E-state index < -0.39 is 0 Å². The number of hydrogen-bond acceptors (Lipinski definition) is 2. The van der Waals surface area contributed by atoms with E-state index in [2.05, 4.69) is 51.3 Å². The van der Waals surface area contributed by atoms with Gasteiger partial charge in [0.05, 0.1) is 0 Å². The van der Waals surface area contributed by atoms with Crippen LogP contribution in [0.25, 0.3) is 0 Å². The maximum absolute atomic E-state index is 2.60. The Labute approximate surface area is 109 Å². The quantitative estimate of drug-likeness (QED) is 0.694. The van der Waals surface area contributed by atoms with Gasteiger partial charge in [0.15, 0.2) is 0 Å². The molecule has 0 atom stereocenters. The molecule has 1 rings (SSSR count). The highest BCUT2D eigenvalue weighted by molar-refractivity contribution is 4.83. The summed E-state index contributed by atoms with van der Waals surface area (Å²) < 4.78 is 0. The number of piperazine rings is 1. The van der Waals surface area contributed by atoms with Crippen molar-refractivity contribution < 1.29 is 0 Å². The zero-order chi connectivity index (χ0) is 13.7. The molecule has 0 saturated carbocycles. The third-order valence-electron chi connectivity index (χ3n) is 3.02. The van der Waals surface area contributed by atoms with Gasteiger partial charge in [-0.3, -0.25) is 4.90 Å². The third kappa shape index (κ3) is 7.05. The highest BCUT2D eigenvalue weighted by atomic mass is 15.3. The summed E-state index contributed by atoms with van der Waals surface area (Å²) in [6.07, 6.45) is 0. The summed E-state index contributed by atoms with van der Waals surface area (Å²) in [4.78, 5) is 5.19. The van der Waals surface area contributed by atoms with Crippen molar-refractivity contribution in [3.63, 3.8) is 0 Å². The molecule has 0 radical (unpaired) electrons. The predicted octanol–water partition coefficient (Wildman–Crippen LogP) is 3.47. The van der Waals surface area contributed by atoms with Gasteiger partial charge in [0, 0.05) is 38.3 Å².